The molecule has 0 saturated carbocycles. The monoisotopic (exact) mass is 264 g/mol. The molecule has 19 heavy (non-hydrogen) atoms. The van der Waals surface area contributed by atoms with Gasteiger partial charge in [-0.05, 0) is 37.3 Å². The highest BCUT2D eigenvalue weighted by molar-refractivity contribution is 5.67. The van der Waals surface area contributed by atoms with Gasteiger partial charge in [-0.15, -0.1) is 0 Å². The fraction of sp³-hybridized carbons (Fsp3) is 0.600. The predicted molar refractivity (Wildman–Crippen MR) is 78.9 cm³/mol. The molecule has 0 amide bonds. The minimum Gasteiger partial charge on any atom is -0.495 e. The van der Waals surface area contributed by atoms with E-state index in [0.717, 1.165) is 30.8 Å². The van der Waals surface area contributed by atoms with Gasteiger partial charge in [0.15, 0.2) is 0 Å². The highest BCUT2D eigenvalue weighted by Gasteiger charge is 2.24. The molecule has 0 spiro atoms. The van der Waals surface area contributed by atoms with Gasteiger partial charge in [-0.1, -0.05) is 6.92 Å². The molecular weight excluding hydrogens is 240 g/mol. The number of methoxy groups -OCH3 is 1. The Kier molecular flexibility index (Phi) is 4.53. The number of nitrogens with two attached hydrogens (primary N) is 1. The molecule has 1 atom stereocenters. The van der Waals surface area contributed by atoms with Crippen molar-refractivity contribution in [1.82, 2.24) is 0 Å². The lowest BCUT2D eigenvalue weighted by Crippen LogP contribution is -2.42. The summed E-state index contributed by atoms with van der Waals surface area (Å²) in [7, 11) is 1.64. The van der Waals surface area contributed by atoms with Crippen molar-refractivity contribution in [2.45, 2.75) is 38.6 Å². The van der Waals surface area contributed by atoms with Crippen LogP contribution in [-0.4, -0.2) is 31.4 Å². The summed E-state index contributed by atoms with van der Waals surface area (Å²) >= 11 is 0. The molecule has 106 valence electrons. The van der Waals surface area contributed by atoms with E-state index in [1.54, 1.807) is 7.11 Å². The van der Waals surface area contributed by atoms with Crippen LogP contribution in [0.2, 0.25) is 0 Å². The standard InChI is InChI=1S/C15H24N2O2/c1-3-11-8-13(16)15(19-2)9-14(11)17-7-5-4-6-12(17)10-18/h8-9,12,18H,3-7,10,16H2,1-2H3/t12-/m0/s1. The van der Waals surface area contributed by atoms with Crippen LogP contribution in [0.5, 0.6) is 5.75 Å². The second kappa shape index (κ2) is 6.15. The molecular formula is C15H24N2O2. The van der Waals surface area contributed by atoms with Crippen molar-refractivity contribution in [3.8, 4) is 5.75 Å². The molecule has 1 aliphatic rings. The quantitative estimate of drug-likeness (QED) is 0.818. The summed E-state index contributed by atoms with van der Waals surface area (Å²) in [6.07, 6.45) is 4.34. The maximum atomic E-state index is 9.57. The maximum Gasteiger partial charge on any atom is 0.143 e. The molecule has 0 aromatic heterocycles. The minimum atomic E-state index is 0.204. The third-order valence-corrected chi connectivity index (χ3v) is 3.96. The van der Waals surface area contributed by atoms with Crippen molar-refractivity contribution >= 4 is 11.4 Å². The summed E-state index contributed by atoms with van der Waals surface area (Å²) in [6.45, 7) is 3.32. The lowest BCUT2D eigenvalue weighted by molar-refractivity contribution is 0.240. The number of hydrogen-bond acceptors (Lipinski definition) is 4. The molecule has 0 radical (unpaired) electrons. The van der Waals surface area contributed by atoms with Gasteiger partial charge in [0.25, 0.3) is 0 Å². The van der Waals surface area contributed by atoms with Crippen molar-refractivity contribution in [3.05, 3.63) is 17.7 Å². The number of hydrogen-bond donors (Lipinski definition) is 2. The maximum absolute atomic E-state index is 9.57. The molecule has 0 bridgehead atoms. The number of nitrogens with zero attached hydrogens (tertiary/aromatic N) is 1. The van der Waals surface area contributed by atoms with Crippen LogP contribution in [0.25, 0.3) is 0 Å². The zero-order chi connectivity index (χ0) is 13.8. The van der Waals surface area contributed by atoms with E-state index >= 15 is 0 Å². The Morgan fingerprint density at radius 2 is 2.21 bits per heavy atom. The molecule has 0 aliphatic carbocycles. The van der Waals surface area contributed by atoms with Gasteiger partial charge in [-0.25, -0.2) is 0 Å². The largest absolute Gasteiger partial charge is 0.495 e. The van der Waals surface area contributed by atoms with Crippen LogP contribution in [0.4, 0.5) is 11.4 Å². The average Bonchev–Trinajstić information content (AvgIpc) is 2.46. The van der Waals surface area contributed by atoms with Crippen LogP contribution in [-0.2, 0) is 6.42 Å². The summed E-state index contributed by atoms with van der Waals surface area (Å²) in [4.78, 5) is 2.31. The van der Waals surface area contributed by atoms with E-state index in [4.69, 9.17) is 10.5 Å². The lowest BCUT2D eigenvalue weighted by atomic mass is 9.99. The first-order chi connectivity index (χ1) is 9.21. The van der Waals surface area contributed by atoms with Gasteiger partial charge >= 0.3 is 0 Å². The number of piperidine rings is 1. The first kappa shape index (κ1) is 14.0. The minimum absolute atomic E-state index is 0.204. The molecule has 1 aromatic carbocycles. The number of aliphatic hydroxyl groups is 1. The summed E-state index contributed by atoms with van der Waals surface area (Å²) in [5.41, 5.74) is 9.04. The summed E-state index contributed by atoms with van der Waals surface area (Å²) in [5, 5.41) is 9.57. The fourth-order valence-corrected chi connectivity index (χ4v) is 2.87. The van der Waals surface area contributed by atoms with E-state index in [-0.39, 0.29) is 12.6 Å². The molecule has 1 heterocycles. The zero-order valence-corrected chi connectivity index (χ0v) is 11.9. The molecule has 1 aliphatic heterocycles. The van der Waals surface area contributed by atoms with Crippen LogP contribution in [0.3, 0.4) is 0 Å². The van der Waals surface area contributed by atoms with Crippen LogP contribution in [0, 0.1) is 0 Å². The van der Waals surface area contributed by atoms with E-state index in [9.17, 15) is 5.11 Å². The van der Waals surface area contributed by atoms with E-state index < -0.39 is 0 Å². The third-order valence-electron chi connectivity index (χ3n) is 3.96. The second-order valence-corrected chi connectivity index (χ2v) is 5.10. The van der Waals surface area contributed by atoms with Gasteiger partial charge in [0, 0.05) is 18.3 Å². The molecule has 1 saturated heterocycles. The van der Waals surface area contributed by atoms with Gasteiger partial charge in [0.05, 0.1) is 25.4 Å². The first-order valence-electron chi connectivity index (χ1n) is 7.05. The van der Waals surface area contributed by atoms with E-state index in [2.05, 4.69) is 11.8 Å². The molecule has 3 N–H and O–H groups in total. The van der Waals surface area contributed by atoms with E-state index in [1.807, 2.05) is 12.1 Å². The fourth-order valence-electron chi connectivity index (χ4n) is 2.87. The van der Waals surface area contributed by atoms with Crippen LogP contribution in [0.1, 0.15) is 31.7 Å². The Morgan fingerprint density at radius 3 is 2.84 bits per heavy atom. The van der Waals surface area contributed by atoms with Crippen molar-refractivity contribution in [2.24, 2.45) is 0 Å². The SMILES string of the molecule is CCc1cc(N)c(OC)cc1N1CCCC[C@H]1CO. The Hall–Kier alpha value is -1.42. The van der Waals surface area contributed by atoms with Crippen molar-refractivity contribution in [1.29, 1.82) is 0 Å². The molecule has 4 heteroatoms. The summed E-state index contributed by atoms with van der Waals surface area (Å²) < 4.78 is 5.33. The smallest absolute Gasteiger partial charge is 0.143 e. The Balaban J connectivity index is 2.40. The van der Waals surface area contributed by atoms with Crippen molar-refractivity contribution in [2.75, 3.05) is 30.9 Å². The summed E-state index contributed by atoms with van der Waals surface area (Å²) in [6, 6.07) is 4.23. The van der Waals surface area contributed by atoms with Gasteiger partial charge in [-0.2, -0.15) is 0 Å². The highest BCUT2D eigenvalue weighted by atomic mass is 16.5. The van der Waals surface area contributed by atoms with Crippen molar-refractivity contribution in [3.63, 3.8) is 0 Å². The number of benzene rings is 1. The van der Waals surface area contributed by atoms with Gasteiger partial charge in [0.2, 0.25) is 0 Å². The number of ether oxygens (including phenoxy) is 1. The number of rotatable bonds is 4. The van der Waals surface area contributed by atoms with E-state index in [0.29, 0.717) is 5.69 Å². The van der Waals surface area contributed by atoms with Crippen LogP contribution >= 0.6 is 0 Å². The van der Waals surface area contributed by atoms with Gasteiger partial charge in [-0.3, -0.25) is 0 Å². The van der Waals surface area contributed by atoms with Gasteiger partial charge in [0.1, 0.15) is 5.75 Å². The number of nitrogen functional groups attached to an aromatic ring is 1. The first-order valence-corrected chi connectivity index (χ1v) is 7.05. The normalized spacial score (nSPS) is 19.5. The Morgan fingerprint density at radius 1 is 1.42 bits per heavy atom. The van der Waals surface area contributed by atoms with Crippen molar-refractivity contribution < 1.29 is 9.84 Å². The second-order valence-electron chi connectivity index (χ2n) is 5.10. The molecule has 2 rings (SSSR count). The number of anilines is 2. The average molecular weight is 264 g/mol. The van der Waals surface area contributed by atoms with Crippen LogP contribution in [0.15, 0.2) is 12.1 Å². The third kappa shape index (κ3) is 2.78. The lowest BCUT2D eigenvalue weighted by Gasteiger charge is -2.38. The highest BCUT2D eigenvalue weighted by Crippen LogP contribution is 2.35. The van der Waals surface area contributed by atoms with Crippen LogP contribution < -0.4 is 15.4 Å². The summed E-state index contributed by atoms with van der Waals surface area (Å²) in [5.74, 6) is 0.717. The molecule has 1 aromatic rings. The Bertz CT molecular complexity index is 434. The topological polar surface area (TPSA) is 58.7 Å². The molecule has 4 nitrogen and oxygen atoms in total. The zero-order valence-electron chi connectivity index (χ0n) is 11.9. The predicted octanol–water partition coefficient (Wildman–Crippen LogP) is 2.19. The molecule has 0 unspecified atom stereocenters. The van der Waals surface area contributed by atoms with Gasteiger partial charge < -0.3 is 20.5 Å². The Labute approximate surface area is 115 Å². The molecule has 1 fully saturated rings. The number of aryl methyl sites for hydroxylation is 1. The number of aliphatic hydroxyl groups excluding tert-OH is 1. The van der Waals surface area contributed by atoms with E-state index in [1.165, 1.54) is 18.4 Å².